The third kappa shape index (κ3) is 2.69. The van der Waals surface area contributed by atoms with E-state index in [9.17, 15) is 0 Å². The van der Waals surface area contributed by atoms with Crippen molar-refractivity contribution in [2.24, 2.45) is 0 Å². The van der Waals surface area contributed by atoms with E-state index in [2.05, 4.69) is 104 Å². The molecule has 0 aliphatic rings. The summed E-state index contributed by atoms with van der Waals surface area (Å²) in [6.45, 7) is 0. The van der Waals surface area contributed by atoms with Gasteiger partial charge in [0.2, 0.25) is 0 Å². The Balaban J connectivity index is 2.29. The van der Waals surface area contributed by atoms with Gasteiger partial charge in [-0.3, -0.25) is 0 Å². The second kappa shape index (κ2) is 6.85. The SMILES string of the molecule is SCCC(c1ccccc1)(c1ccccc1)c1ccccc1. The highest BCUT2D eigenvalue weighted by Gasteiger charge is 2.35. The molecule has 0 aliphatic heterocycles. The second-order valence-corrected chi connectivity index (χ2v) is 5.92. The topological polar surface area (TPSA) is 0 Å². The fourth-order valence-electron chi connectivity index (χ4n) is 3.27. The molecule has 0 radical (unpaired) electrons. The number of rotatable bonds is 5. The molecular weight excluding hydrogens is 284 g/mol. The molecule has 22 heavy (non-hydrogen) atoms. The Labute approximate surface area is 138 Å². The largest absolute Gasteiger partial charge is 0.179 e. The zero-order chi connectivity index (χ0) is 15.3. The summed E-state index contributed by atoms with van der Waals surface area (Å²) in [5, 5.41) is 0. The molecule has 0 N–H and O–H groups in total. The molecule has 0 saturated carbocycles. The molecule has 3 rings (SSSR count). The number of hydrogen-bond acceptors (Lipinski definition) is 1. The van der Waals surface area contributed by atoms with Crippen molar-refractivity contribution >= 4 is 12.6 Å². The summed E-state index contributed by atoms with van der Waals surface area (Å²) < 4.78 is 0. The molecule has 0 saturated heterocycles. The van der Waals surface area contributed by atoms with Gasteiger partial charge in [-0.05, 0) is 28.9 Å². The first-order valence-corrected chi connectivity index (χ1v) is 8.28. The molecule has 0 nitrogen and oxygen atoms in total. The van der Waals surface area contributed by atoms with Gasteiger partial charge in [0.05, 0.1) is 0 Å². The molecule has 0 aliphatic carbocycles. The lowest BCUT2D eigenvalue weighted by Crippen LogP contribution is -2.30. The fourth-order valence-corrected chi connectivity index (χ4v) is 3.60. The zero-order valence-electron chi connectivity index (χ0n) is 12.5. The van der Waals surface area contributed by atoms with Gasteiger partial charge in [0.25, 0.3) is 0 Å². The summed E-state index contributed by atoms with van der Waals surface area (Å²) in [5.41, 5.74) is 3.82. The van der Waals surface area contributed by atoms with E-state index >= 15 is 0 Å². The van der Waals surface area contributed by atoms with Gasteiger partial charge in [-0.2, -0.15) is 12.6 Å². The standard InChI is InChI=1S/C21H20S/c22-17-16-21(18-10-4-1-5-11-18,19-12-6-2-7-13-19)20-14-8-3-9-15-20/h1-15,22H,16-17H2. The highest BCUT2D eigenvalue weighted by Crippen LogP contribution is 2.42. The Morgan fingerprint density at radius 3 is 1.14 bits per heavy atom. The molecule has 0 aromatic heterocycles. The van der Waals surface area contributed by atoms with Crippen molar-refractivity contribution in [2.75, 3.05) is 5.75 Å². The predicted octanol–water partition coefficient (Wildman–Crippen LogP) is 5.34. The Kier molecular flexibility index (Phi) is 4.65. The molecule has 0 unspecified atom stereocenters. The smallest absolute Gasteiger partial charge is 0.0459 e. The van der Waals surface area contributed by atoms with Crippen molar-refractivity contribution < 1.29 is 0 Å². The maximum Gasteiger partial charge on any atom is 0.0459 e. The van der Waals surface area contributed by atoms with Crippen LogP contribution < -0.4 is 0 Å². The van der Waals surface area contributed by atoms with Crippen LogP contribution in [0.25, 0.3) is 0 Å². The number of thiol groups is 1. The summed E-state index contributed by atoms with van der Waals surface area (Å²) in [7, 11) is 0. The summed E-state index contributed by atoms with van der Waals surface area (Å²) >= 11 is 4.56. The van der Waals surface area contributed by atoms with E-state index in [1.165, 1.54) is 16.7 Å². The fraction of sp³-hybridized carbons (Fsp3) is 0.143. The van der Waals surface area contributed by atoms with E-state index in [0.29, 0.717) is 0 Å². The van der Waals surface area contributed by atoms with E-state index in [1.54, 1.807) is 0 Å². The molecule has 0 fully saturated rings. The average Bonchev–Trinajstić information content (AvgIpc) is 2.62. The van der Waals surface area contributed by atoms with Gasteiger partial charge in [0.1, 0.15) is 0 Å². The summed E-state index contributed by atoms with van der Waals surface area (Å²) in [6.07, 6.45) is 0.966. The van der Waals surface area contributed by atoms with E-state index < -0.39 is 0 Å². The Hall–Kier alpha value is -1.99. The third-order valence-corrected chi connectivity index (χ3v) is 4.51. The number of hydrogen-bond donors (Lipinski definition) is 1. The van der Waals surface area contributed by atoms with Crippen LogP contribution in [0.1, 0.15) is 23.1 Å². The first-order chi connectivity index (χ1) is 10.9. The van der Waals surface area contributed by atoms with Crippen LogP contribution in [0, 0.1) is 0 Å². The van der Waals surface area contributed by atoms with E-state index in [4.69, 9.17) is 0 Å². The van der Waals surface area contributed by atoms with Gasteiger partial charge in [-0.1, -0.05) is 91.0 Å². The molecule has 1 heteroatoms. The molecule has 0 amide bonds. The van der Waals surface area contributed by atoms with Crippen LogP contribution >= 0.6 is 12.6 Å². The summed E-state index contributed by atoms with van der Waals surface area (Å²) in [4.78, 5) is 0. The predicted molar refractivity (Wildman–Crippen MR) is 97.7 cm³/mol. The normalized spacial score (nSPS) is 11.3. The minimum absolute atomic E-state index is 0.147. The molecule has 3 aromatic carbocycles. The lowest BCUT2D eigenvalue weighted by Gasteiger charge is -2.35. The molecule has 3 aromatic rings. The summed E-state index contributed by atoms with van der Waals surface area (Å²) in [6, 6.07) is 32.3. The van der Waals surface area contributed by atoms with Crippen LogP contribution in [0.4, 0.5) is 0 Å². The van der Waals surface area contributed by atoms with Crippen LogP contribution in [0.2, 0.25) is 0 Å². The maximum absolute atomic E-state index is 4.56. The van der Waals surface area contributed by atoms with Crippen LogP contribution in [-0.4, -0.2) is 5.75 Å². The third-order valence-electron chi connectivity index (χ3n) is 4.29. The Morgan fingerprint density at radius 1 is 0.545 bits per heavy atom. The monoisotopic (exact) mass is 304 g/mol. The summed E-state index contributed by atoms with van der Waals surface area (Å²) in [5.74, 6) is 0.832. The minimum Gasteiger partial charge on any atom is -0.179 e. The lowest BCUT2D eigenvalue weighted by atomic mass is 9.68. The van der Waals surface area contributed by atoms with Gasteiger partial charge in [0.15, 0.2) is 0 Å². The van der Waals surface area contributed by atoms with Crippen LogP contribution in [0.3, 0.4) is 0 Å². The van der Waals surface area contributed by atoms with Crippen molar-refractivity contribution in [3.8, 4) is 0 Å². The quantitative estimate of drug-likeness (QED) is 0.477. The number of benzene rings is 3. The minimum atomic E-state index is -0.147. The molecule has 0 atom stereocenters. The van der Waals surface area contributed by atoms with Gasteiger partial charge in [-0.15, -0.1) is 0 Å². The zero-order valence-corrected chi connectivity index (χ0v) is 13.4. The highest BCUT2D eigenvalue weighted by molar-refractivity contribution is 7.80. The van der Waals surface area contributed by atoms with Crippen molar-refractivity contribution in [1.82, 2.24) is 0 Å². The first-order valence-electron chi connectivity index (χ1n) is 7.65. The van der Waals surface area contributed by atoms with E-state index in [-0.39, 0.29) is 5.41 Å². The van der Waals surface area contributed by atoms with Crippen LogP contribution in [-0.2, 0) is 5.41 Å². The molecule has 0 bridgehead atoms. The molecule has 0 spiro atoms. The average molecular weight is 304 g/mol. The van der Waals surface area contributed by atoms with Crippen molar-refractivity contribution in [2.45, 2.75) is 11.8 Å². The molecule has 0 heterocycles. The highest BCUT2D eigenvalue weighted by atomic mass is 32.1. The molecular formula is C21H20S. The van der Waals surface area contributed by atoms with Gasteiger partial charge in [0, 0.05) is 5.41 Å². The Morgan fingerprint density at radius 2 is 0.864 bits per heavy atom. The van der Waals surface area contributed by atoms with Crippen LogP contribution in [0.5, 0.6) is 0 Å². The first kappa shape index (κ1) is 14.9. The Bertz CT molecular complexity index is 593. The van der Waals surface area contributed by atoms with Crippen LogP contribution in [0.15, 0.2) is 91.0 Å². The van der Waals surface area contributed by atoms with E-state index in [0.717, 1.165) is 12.2 Å². The van der Waals surface area contributed by atoms with Gasteiger partial charge >= 0.3 is 0 Å². The van der Waals surface area contributed by atoms with Gasteiger partial charge in [-0.25, -0.2) is 0 Å². The molecule has 110 valence electrons. The maximum atomic E-state index is 4.56. The van der Waals surface area contributed by atoms with Crippen molar-refractivity contribution in [3.05, 3.63) is 108 Å². The van der Waals surface area contributed by atoms with Crippen molar-refractivity contribution in [3.63, 3.8) is 0 Å². The van der Waals surface area contributed by atoms with Gasteiger partial charge < -0.3 is 0 Å². The second-order valence-electron chi connectivity index (χ2n) is 5.48. The lowest BCUT2D eigenvalue weighted by molar-refractivity contribution is 0.600. The van der Waals surface area contributed by atoms with E-state index in [1.807, 2.05) is 0 Å². The van der Waals surface area contributed by atoms with Crippen molar-refractivity contribution in [1.29, 1.82) is 0 Å².